The highest BCUT2D eigenvalue weighted by molar-refractivity contribution is 5.88. The van der Waals surface area contributed by atoms with E-state index in [4.69, 9.17) is 9.84 Å². The average molecular weight is 293 g/mol. The van der Waals surface area contributed by atoms with Gasteiger partial charge in [0.25, 0.3) is 0 Å². The summed E-state index contributed by atoms with van der Waals surface area (Å²) in [7, 11) is 1.66. The van der Waals surface area contributed by atoms with Crippen LogP contribution in [0.1, 0.15) is 47.8 Å². The van der Waals surface area contributed by atoms with Gasteiger partial charge in [0.05, 0.1) is 5.56 Å². The van der Waals surface area contributed by atoms with Crippen LogP contribution in [0.4, 0.5) is 4.79 Å². The Morgan fingerprint density at radius 1 is 1.19 bits per heavy atom. The Balaban J connectivity index is 2.93. The fourth-order valence-electron chi connectivity index (χ4n) is 2.01. The molecule has 1 aromatic rings. The molecule has 1 N–H and O–H groups in total. The maximum Gasteiger partial charge on any atom is 0.410 e. The number of nitrogens with zero attached hydrogens (tertiary/aromatic N) is 1. The van der Waals surface area contributed by atoms with E-state index >= 15 is 0 Å². The van der Waals surface area contributed by atoms with Gasteiger partial charge in [0.2, 0.25) is 0 Å². The summed E-state index contributed by atoms with van der Waals surface area (Å²) in [5.74, 6) is -0.951. The molecule has 0 unspecified atom stereocenters. The molecule has 0 aliphatic heterocycles. The summed E-state index contributed by atoms with van der Waals surface area (Å²) in [6.07, 6.45) is -0.399. The van der Waals surface area contributed by atoms with Gasteiger partial charge in [0.15, 0.2) is 0 Å². The van der Waals surface area contributed by atoms with Crippen molar-refractivity contribution < 1.29 is 19.4 Å². The third-order valence-electron chi connectivity index (χ3n) is 3.04. The van der Waals surface area contributed by atoms with E-state index in [0.717, 1.165) is 16.7 Å². The first kappa shape index (κ1) is 17.0. The number of rotatable bonds is 3. The first-order chi connectivity index (χ1) is 9.51. The van der Waals surface area contributed by atoms with Crippen LogP contribution < -0.4 is 0 Å². The van der Waals surface area contributed by atoms with Gasteiger partial charge in [-0.05, 0) is 63.4 Å². The Morgan fingerprint density at radius 2 is 1.67 bits per heavy atom. The van der Waals surface area contributed by atoms with Crippen molar-refractivity contribution in [2.45, 2.75) is 46.8 Å². The number of carboxylic acid groups (broad SMARTS) is 1. The summed E-state index contributed by atoms with van der Waals surface area (Å²) >= 11 is 0. The molecule has 0 fully saturated rings. The van der Waals surface area contributed by atoms with Crippen LogP contribution >= 0.6 is 0 Å². The Morgan fingerprint density at radius 3 is 2.05 bits per heavy atom. The van der Waals surface area contributed by atoms with Crippen molar-refractivity contribution in [3.8, 4) is 0 Å². The van der Waals surface area contributed by atoms with Crippen LogP contribution in [0.25, 0.3) is 0 Å². The van der Waals surface area contributed by atoms with Crippen molar-refractivity contribution in [2.24, 2.45) is 0 Å². The van der Waals surface area contributed by atoms with Crippen molar-refractivity contribution in [3.63, 3.8) is 0 Å². The van der Waals surface area contributed by atoms with E-state index < -0.39 is 17.7 Å². The molecule has 5 nitrogen and oxygen atoms in total. The number of amides is 1. The van der Waals surface area contributed by atoms with Crippen LogP contribution in [0, 0.1) is 13.8 Å². The molecule has 1 aromatic carbocycles. The van der Waals surface area contributed by atoms with Crippen LogP contribution in [0.3, 0.4) is 0 Å². The highest BCUT2D eigenvalue weighted by Crippen LogP contribution is 2.19. The topological polar surface area (TPSA) is 66.8 Å². The summed E-state index contributed by atoms with van der Waals surface area (Å²) in [4.78, 5) is 24.5. The van der Waals surface area contributed by atoms with Crippen molar-refractivity contribution in [1.29, 1.82) is 0 Å². The monoisotopic (exact) mass is 293 g/mol. The molecule has 21 heavy (non-hydrogen) atoms. The van der Waals surface area contributed by atoms with E-state index in [1.54, 1.807) is 19.2 Å². The molecule has 0 aliphatic carbocycles. The van der Waals surface area contributed by atoms with Crippen LogP contribution in [-0.4, -0.2) is 34.7 Å². The minimum atomic E-state index is -0.951. The van der Waals surface area contributed by atoms with E-state index in [9.17, 15) is 9.59 Å². The van der Waals surface area contributed by atoms with Gasteiger partial charge in [-0.3, -0.25) is 0 Å². The average Bonchev–Trinajstić information content (AvgIpc) is 2.30. The summed E-state index contributed by atoms with van der Waals surface area (Å²) in [5.41, 5.74) is 2.36. The third-order valence-corrected chi connectivity index (χ3v) is 3.04. The number of aromatic carboxylic acids is 1. The normalized spacial score (nSPS) is 11.1. The van der Waals surface area contributed by atoms with Gasteiger partial charge in [-0.15, -0.1) is 0 Å². The molecular formula is C16H23NO4. The third kappa shape index (κ3) is 4.77. The second kappa shape index (κ2) is 6.16. The lowest BCUT2D eigenvalue weighted by Gasteiger charge is -2.25. The zero-order chi connectivity index (χ0) is 16.4. The summed E-state index contributed by atoms with van der Waals surface area (Å²) in [6.45, 7) is 9.52. The number of carboxylic acids is 1. The van der Waals surface area contributed by atoms with Crippen LogP contribution in [0.2, 0.25) is 0 Å². The molecule has 0 spiro atoms. The second-order valence-electron chi connectivity index (χ2n) is 6.23. The van der Waals surface area contributed by atoms with Crippen molar-refractivity contribution >= 4 is 12.1 Å². The lowest BCUT2D eigenvalue weighted by atomic mass is 9.99. The van der Waals surface area contributed by atoms with Crippen molar-refractivity contribution in [1.82, 2.24) is 4.90 Å². The van der Waals surface area contributed by atoms with E-state index in [-0.39, 0.29) is 5.56 Å². The molecule has 0 atom stereocenters. The fraction of sp³-hybridized carbons (Fsp3) is 0.500. The first-order valence-corrected chi connectivity index (χ1v) is 6.79. The molecule has 116 valence electrons. The van der Waals surface area contributed by atoms with Crippen LogP contribution in [0.15, 0.2) is 12.1 Å². The largest absolute Gasteiger partial charge is 0.478 e. The van der Waals surface area contributed by atoms with Crippen LogP contribution in [0.5, 0.6) is 0 Å². The van der Waals surface area contributed by atoms with Gasteiger partial charge in [-0.1, -0.05) is 0 Å². The summed E-state index contributed by atoms with van der Waals surface area (Å²) in [6, 6.07) is 3.24. The molecule has 0 heterocycles. The molecule has 0 saturated carbocycles. The van der Waals surface area contributed by atoms with Gasteiger partial charge in [-0.2, -0.15) is 0 Å². The molecule has 5 heteroatoms. The van der Waals surface area contributed by atoms with E-state index in [0.29, 0.717) is 6.54 Å². The Labute approximate surface area is 125 Å². The van der Waals surface area contributed by atoms with E-state index in [1.165, 1.54) is 4.90 Å². The van der Waals surface area contributed by atoms with Gasteiger partial charge in [-0.25, -0.2) is 9.59 Å². The van der Waals surface area contributed by atoms with E-state index in [2.05, 4.69) is 0 Å². The number of carbonyl (C=O) groups is 2. The fourth-order valence-corrected chi connectivity index (χ4v) is 2.01. The molecule has 1 rings (SSSR count). The zero-order valence-corrected chi connectivity index (χ0v) is 13.5. The lowest BCUT2D eigenvalue weighted by molar-refractivity contribution is 0.0284. The number of aryl methyl sites for hydroxylation is 2. The molecule has 0 saturated heterocycles. The molecule has 1 amide bonds. The summed E-state index contributed by atoms with van der Waals surface area (Å²) in [5, 5.41) is 9.04. The number of hydrogen-bond donors (Lipinski definition) is 1. The quantitative estimate of drug-likeness (QED) is 0.927. The van der Waals surface area contributed by atoms with Crippen LogP contribution in [-0.2, 0) is 11.3 Å². The minimum Gasteiger partial charge on any atom is -0.478 e. The lowest BCUT2D eigenvalue weighted by Crippen LogP contribution is -2.34. The van der Waals surface area contributed by atoms with Crippen molar-refractivity contribution in [3.05, 3.63) is 34.4 Å². The Kier molecular flexibility index (Phi) is 4.99. The zero-order valence-electron chi connectivity index (χ0n) is 13.5. The first-order valence-electron chi connectivity index (χ1n) is 6.79. The SMILES string of the molecule is Cc1cc(C(=O)O)cc(C)c1CN(C)C(=O)OC(C)(C)C. The standard InChI is InChI=1S/C16H23NO4/c1-10-7-12(14(18)19)8-11(2)13(10)9-17(6)15(20)21-16(3,4)5/h7-8H,9H2,1-6H3,(H,18,19). The Bertz CT molecular complexity index is 535. The van der Waals surface area contributed by atoms with E-state index in [1.807, 2.05) is 34.6 Å². The number of hydrogen-bond acceptors (Lipinski definition) is 3. The maximum absolute atomic E-state index is 12.0. The Hall–Kier alpha value is -2.04. The molecule has 0 bridgehead atoms. The molecule has 0 aliphatic rings. The molecular weight excluding hydrogens is 270 g/mol. The van der Waals surface area contributed by atoms with Gasteiger partial charge < -0.3 is 14.7 Å². The van der Waals surface area contributed by atoms with Gasteiger partial charge in [0, 0.05) is 13.6 Å². The number of carbonyl (C=O) groups excluding carboxylic acids is 1. The smallest absolute Gasteiger partial charge is 0.410 e. The predicted molar refractivity (Wildman–Crippen MR) is 80.6 cm³/mol. The number of ether oxygens (including phenoxy) is 1. The van der Waals surface area contributed by atoms with Gasteiger partial charge >= 0.3 is 12.1 Å². The highest BCUT2D eigenvalue weighted by atomic mass is 16.6. The molecule has 0 radical (unpaired) electrons. The van der Waals surface area contributed by atoms with Gasteiger partial charge in [0.1, 0.15) is 5.60 Å². The second-order valence-corrected chi connectivity index (χ2v) is 6.23. The summed E-state index contributed by atoms with van der Waals surface area (Å²) < 4.78 is 5.31. The molecule has 0 aromatic heterocycles. The number of benzene rings is 1. The van der Waals surface area contributed by atoms with Crippen molar-refractivity contribution in [2.75, 3.05) is 7.05 Å². The highest BCUT2D eigenvalue weighted by Gasteiger charge is 2.21. The minimum absolute atomic E-state index is 0.258. The predicted octanol–water partition coefficient (Wildman–Crippen LogP) is 3.37. The maximum atomic E-state index is 12.0.